The van der Waals surface area contributed by atoms with Crippen molar-refractivity contribution in [2.45, 2.75) is 43.6 Å². The third-order valence-corrected chi connectivity index (χ3v) is 9.05. The van der Waals surface area contributed by atoms with Gasteiger partial charge in [-0.3, -0.25) is 0 Å². The average molecular weight is 671 g/mol. The lowest BCUT2D eigenvalue weighted by Gasteiger charge is -2.24. The molecule has 0 bridgehead atoms. The number of ether oxygens (including phenoxy) is 1. The fourth-order valence-corrected chi connectivity index (χ4v) is 6.28. The minimum absolute atomic E-state index is 0.0573. The van der Waals surface area contributed by atoms with E-state index in [-0.39, 0.29) is 36.0 Å². The van der Waals surface area contributed by atoms with Gasteiger partial charge in [-0.25, -0.2) is 41.5 Å². The third-order valence-electron chi connectivity index (χ3n) is 7.29. The van der Waals surface area contributed by atoms with E-state index in [2.05, 4.69) is 16.8 Å². The number of sulfonamides is 1. The van der Waals surface area contributed by atoms with Crippen LogP contribution in [0.4, 0.5) is 18.3 Å². The molecule has 1 saturated carbocycles. The van der Waals surface area contributed by atoms with Gasteiger partial charge in [0.05, 0.1) is 0 Å². The van der Waals surface area contributed by atoms with Gasteiger partial charge < -0.3 is 9.84 Å². The molecule has 1 heterocycles. The SMILES string of the molecule is C=NN(/C(CC1CC1)=C(/Cc1ccc(S(N)(=O)=O)c(F)c1)Cc1ccc(F)c(OCc2cccc(F)c2)c1)c1nc(C(=O)O)cs1. The standard InChI is InChI=1S/C32H29F3N4O5S2/c1-37-39(32-38-27(18-45-32)31(40)41)28(15-19-5-6-19)23(11-20-8-10-30(26(35)14-20)46(36,42)43)12-21-7-9-25(34)29(16-21)44-17-22-3-2-4-24(33)13-22/h2-4,7-10,13-14,16,18-19H,1,5-6,11-12,15,17H2,(H,40,41)(H2,36,42,43)/b28-23-. The van der Waals surface area contributed by atoms with Crippen LogP contribution in [0.15, 0.2) is 87.3 Å². The van der Waals surface area contributed by atoms with Crippen LogP contribution in [0, 0.1) is 23.4 Å². The van der Waals surface area contributed by atoms with Crippen molar-refractivity contribution in [1.29, 1.82) is 0 Å². The molecule has 9 nitrogen and oxygen atoms in total. The Hall–Kier alpha value is -4.53. The molecule has 0 amide bonds. The summed E-state index contributed by atoms with van der Waals surface area (Å²) in [6.45, 7) is 3.62. The molecule has 1 aliphatic rings. The first-order valence-electron chi connectivity index (χ1n) is 14.0. The minimum Gasteiger partial charge on any atom is -0.486 e. The van der Waals surface area contributed by atoms with Gasteiger partial charge in [-0.1, -0.05) is 24.3 Å². The second-order valence-corrected chi connectivity index (χ2v) is 13.2. The molecule has 0 unspecified atom stereocenters. The molecule has 3 N–H and O–H groups in total. The Morgan fingerprint density at radius 1 is 1.04 bits per heavy atom. The number of carboxylic acid groups (broad SMARTS) is 1. The maximum atomic E-state index is 14.9. The van der Waals surface area contributed by atoms with Gasteiger partial charge in [0.25, 0.3) is 0 Å². The van der Waals surface area contributed by atoms with Crippen LogP contribution in [0.2, 0.25) is 0 Å². The number of halogens is 3. The normalized spacial score (nSPS) is 13.7. The predicted molar refractivity (Wildman–Crippen MR) is 168 cm³/mol. The summed E-state index contributed by atoms with van der Waals surface area (Å²) in [7, 11) is -4.29. The molecule has 4 aromatic rings. The predicted octanol–water partition coefficient (Wildman–Crippen LogP) is 6.45. The molecular formula is C32H29F3N4O5S2. The molecule has 0 radical (unpaired) electrons. The van der Waals surface area contributed by atoms with Crippen LogP contribution in [0.25, 0.3) is 0 Å². The van der Waals surface area contributed by atoms with Gasteiger partial charge in [0.2, 0.25) is 15.2 Å². The van der Waals surface area contributed by atoms with Gasteiger partial charge in [0, 0.05) is 17.8 Å². The molecule has 1 aliphatic carbocycles. The van der Waals surface area contributed by atoms with E-state index >= 15 is 0 Å². The molecule has 46 heavy (non-hydrogen) atoms. The Morgan fingerprint density at radius 3 is 2.37 bits per heavy atom. The molecule has 0 aliphatic heterocycles. The summed E-state index contributed by atoms with van der Waals surface area (Å²) in [6, 6.07) is 13.7. The number of hydrazone groups is 1. The van der Waals surface area contributed by atoms with Gasteiger partial charge >= 0.3 is 5.97 Å². The fraction of sp³-hybridized carbons (Fsp3) is 0.219. The number of benzene rings is 3. The summed E-state index contributed by atoms with van der Waals surface area (Å²) in [5, 5.41) is 21.9. The molecule has 5 rings (SSSR count). The first kappa shape index (κ1) is 32.9. The van der Waals surface area contributed by atoms with Crippen molar-refractivity contribution >= 4 is 39.2 Å². The topological polar surface area (TPSA) is 135 Å². The van der Waals surface area contributed by atoms with Gasteiger partial charge in [-0.05, 0) is 96.7 Å². The number of rotatable bonds is 14. The van der Waals surface area contributed by atoms with Crippen LogP contribution in [0.5, 0.6) is 5.75 Å². The van der Waals surface area contributed by atoms with Crippen molar-refractivity contribution in [1.82, 2.24) is 4.98 Å². The number of carboxylic acids is 1. The number of primary sulfonamides is 1. The lowest BCUT2D eigenvalue weighted by Crippen LogP contribution is -2.20. The summed E-state index contributed by atoms with van der Waals surface area (Å²) in [6.07, 6.45) is 2.72. The summed E-state index contributed by atoms with van der Waals surface area (Å²) < 4.78 is 72.7. The number of anilines is 1. The lowest BCUT2D eigenvalue weighted by molar-refractivity contribution is 0.0691. The van der Waals surface area contributed by atoms with Crippen LogP contribution >= 0.6 is 11.3 Å². The quantitative estimate of drug-likeness (QED) is 0.116. The number of carbonyl (C=O) groups is 1. The largest absolute Gasteiger partial charge is 0.486 e. The molecule has 0 spiro atoms. The molecule has 1 fully saturated rings. The van der Waals surface area contributed by atoms with E-state index in [9.17, 15) is 31.5 Å². The Labute approximate surface area is 267 Å². The minimum atomic E-state index is -4.29. The second kappa shape index (κ2) is 13.8. The van der Waals surface area contributed by atoms with E-state index < -0.39 is 38.3 Å². The smallest absolute Gasteiger partial charge is 0.355 e. The van der Waals surface area contributed by atoms with Crippen LogP contribution in [-0.4, -0.2) is 31.2 Å². The molecule has 240 valence electrons. The zero-order chi connectivity index (χ0) is 33.0. The van der Waals surface area contributed by atoms with E-state index in [1.807, 2.05) is 0 Å². The van der Waals surface area contributed by atoms with Crippen molar-refractivity contribution in [3.8, 4) is 5.75 Å². The second-order valence-electron chi connectivity index (χ2n) is 10.8. The van der Waals surface area contributed by atoms with Gasteiger partial charge in [0.15, 0.2) is 17.3 Å². The van der Waals surface area contributed by atoms with E-state index in [1.165, 1.54) is 46.8 Å². The number of nitrogens with two attached hydrogens (primary N) is 1. The number of aromatic nitrogens is 1. The first-order chi connectivity index (χ1) is 21.9. The van der Waals surface area contributed by atoms with Crippen LogP contribution in [0.3, 0.4) is 0 Å². The zero-order valence-electron chi connectivity index (χ0n) is 24.3. The zero-order valence-corrected chi connectivity index (χ0v) is 26.0. The van der Waals surface area contributed by atoms with Crippen molar-refractivity contribution in [3.05, 3.63) is 117 Å². The Kier molecular flexibility index (Phi) is 9.89. The molecule has 0 saturated heterocycles. The number of hydrogen-bond acceptors (Lipinski definition) is 8. The highest BCUT2D eigenvalue weighted by atomic mass is 32.2. The van der Waals surface area contributed by atoms with Crippen molar-refractivity contribution < 1.29 is 36.2 Å². The van der Waals surface area contributed by atoms with E-state index in [0.717, 1.165) is 36.3 Å². The molecule has 3 aromatic carbocycles. The Bertz CT molecular complexity index is 1930. The van der Waals surface area contributed by atoms with Gasteiger partial charge in [-0.15, -0.1) is 11.3 Å². The highest BCUT2D eigenvalue weighted by Gasteiger charge is 2.29. The van der Waals surface area contributed by atoms with Crippen LogP contribution < -0.4 is 14.9 Å². The van der Waals surface area contributed by atoms with E-state index in [1.54, 1.807) is 12.1 Å². The van der Waals surface area contributed by atoms with Crippen molar-refractivity contribution in [3.63, 3.8) is 0 Å². The molecule has 14 heteroatoms. The number of allylic oxidation sites excluding steroid dienone is 2. The Balaban J connectivity index is 1.56. The number of thiazole rings is 1. The molecular weight excluding hydrogens is 642 g/mol. The maximum Gasteiger partial charge on any atom is 0.355 e. The molecule has 0 atom stereocenters. The summed E-state index contributed by atoms with van der Waals surface area (Å²) in [5.74, 6) is -3.04. The summed E-state index contributed by atoms with van der Waals surface area (Å²) >= 11 is 1.06. The summed E-state index contributed by atoms with van der Waals surface area (Å²) in [4.78, 5) is 15.1. The van der Waals surface area contributed by atoms with Gasteiger partial charge in [0.1, 0.15) is 23.1 Å². The van der Waals surface area contributed by atoms with E-state index in [4.69, 9.17) is 9.88 Å². The van der Waals surface area contributed by atoms with Crippen LogP contribution in [0.1, 0.15) is 46.4 Å². The summed E-state index contributed by atoms with van der Waals surface area (Å²) in [5.41, 5.74) is 2.73. The number of nitrogens with zero attached hydrogens (tertiary/aromatic N) is 3. The monoisotopic (exact) mass is 670 g/mol. The van der Waals surface area contributed by atoms with Crippen molar-refractivity contribution in [2.24, 2.45) is 16.2 Å². The average Bonchev–Trinajstić information content (AvgIpc) is 3.68. The molecule has 1 aromatic heterocycles. The highest BCUT2D eigenvalue weighted by Crippen LogP contribution is 2.40. The van der Waals surface area contributed by atoms with Gasteiger partial charge in [-0.2, -0.15) is 5.10 Å². The Morgan fingerprint density at radius 2 is 1.76 bits per heavy atom. The number of hydrogen-bond donors (Lipinski definition) is 2. The number of aromatic carboxylic acids is 1. The lowest BCUT2D eigenvalue weighted by atomic mass is 9.94. The third kappa shape index (κ3) is 8.19. The fourth-order valence-electron chi connectivity index (χ4n) is 4.90. The highest BCUT2D eigenvalue weighted by molar-refractivity contribution is 7.89. The first-order valence-corrected chi connectivity index (χ1v) is 16.5. The van der Waals surface area contributed by atoms with E-state index in [0.29, 0.717) is 40.3 Å². The van der Waals surface area contributed by atoms with Crippen molar-refractivity contribution in [2.75, 3.05) is 5.01 Å². The van der Waals surface area contributed by atoms with Crippen LogP contribution in [-0.2, 0) is 29.5 Å². The maximum absolute atomic E-state index is 14.9.